The molecule has 24 heavy (non-hydrogen) atoms. The Morgan fingerprint density at radius 3 is 2.29 bits per heavy atom. The third-order valence-electron chi connectivity index (χ3n) is 3.47. The first-order chi connectivity index (χ1) is 11.1. The van der Waals surface area contributed by atoms with Crippen LogP contribution in [0.1, 0.15) is 27.0 Å². The van der Waals surface area contributed by atoms with Crippen molar-refractivity contribution in [3.05, 3.63) is 68.8 Å². The van der Waals surface area contributed by atoms with Crippen LogP contribution in [-0.4, -0.2) is 10.8 Å². The SMILES string of the molecule is Cc1ccc(C(=O)Nc2ccc(C)c(C(F)(F)F)c2)cc1[N+](=O)[O-]. The summed E-state index contributed by atoms with van der Waals surface area (Å²) in [7, 11) is 0. The van der Waals surface area contributed by atoms with E-state index in [1.165, 1.54) is 38.1 Å². The summed E-state index contributed by atoms with van der Waals surface area (Å²) in [6.07, 6.45) is -4.53. The number of halogens is 3. The van der Waals surface area contributed by atoms with Crippen LogP contribution >= 0.6 is 0 Å². The minimum atomic E-state index is -4.53. The van der Waals surface area contributed by atoms with E-state index in [1.54, 1.807) is 0 Å². The van der Waals surface area contributed by atoms with Crippen LogP contribution in [0.5, 0.6) is 0 Å². The lowest BCUT2D eigenvalue weighted by Gasteiger charge is -2.13. The van der Waals surface area contributed by atoms with Crippen molar-refractivity contribution in [1.82, 2.24) is 0 Å². The van der Waals surface area contributed by atoms with Crippen molar-refractivity contribution >= 4 is 17.3 Å². The second kappa shape index (κ2) is 6.31. The van der Waals surface area contributed by atoms with Gasteiger partial charge in [0.2, 0.25) is 0 Å². The molecule has 5 nitrogen and oxygen atoms in total. The molecule has 0 bridgehead atoms. The molecule has 0 saturated carbocycles. The molecular formula is C16H13F3N2O3. The molecule has 0 aliphatic heterocycles. The number of benzene rings is 2. The van der Waals surface area contributed by atoms with Crippen LogP contribution in [0, 0.1) is 24.0 Å². The van der Waals surface area contributed by atoms with Gasteiger partial charge in [-0.1, -0.05) is 12.1 Å². The molecule has 2 aromatic rings. The number of carbonyl (C=O) groups excluding carboxylic acids is 1. The zero-order valence-electron chi connectivity index (χ0n) is 12.8. The molecule has 0 saturated heterocycles. The monoisotopic (exact) mass is 338 g/mol. The maximum atomic E-state index is 12.9. The smallest absolute Gasteiger partial charge is 0.322 e. The summed E-state index contributed by atoms with van der Waals surface area (Å²) in [4.78, 5) is 22.4. The van der Waals surface area contributed by atoms with Gasteiger partial charge in [0, 0.05) is 22.9 Å². The van der Waals surface area contributed by atoms with Gasteiger partial charge in [0.1, 0.15) is 0 Å². The Kier molecular flexibility index (Phi) is 4.59. The number of nitro groups is 1. The Hall–Kier alpha value is -2.90. The van der Waals surface area contributed by atoms with E-state index < -0.39 is 22.6 Å². The summed E-state index contributed by atoms with van der Waals surface area (Å²) in [6, 6.07) is 7.28. The van der Waals surface area contributed by atoms with Gasteiger partial charge in [-0.25, -0.2) is 0 Å². The molecule has 1 amide bonds. The highest BCUT2D eigenvalue weighted by Crippen LogP contribution is 2.33. The lowest BCUT2D eigenvalue weighted by molar-refractivity contribution is -0.385. The number of hydrogen-bond donors (Lipinski definition) is 1. The first kappa shape index (κ1) is 17.5. The number of anilines is 1. The van der Waals surface area contributed by atoms with Crippen LogP contribution in [0.25, 0.3) is 0 Å². The topological polar surface area (TPSA) is 72.2 Å². The second-order valence-corrected chi connectivity index (χ2v) is 5.24. The Morgan fingerprint density at radius 1 is 1.08 bits per heavy atom. The fraction of sp³-hybridized carbons (Fsp3) is 0.188. The molecule has 0 fully saturated rings. The summed E-state index contributed by atoms with van der Waals surface area (Å²) < 4.78 is 38.7. The van der Waals surface area contributed by atoms with Gasteiger partial charge in [-0.3, -0.25) is 14.9 Å². The van der Waals surface area contributed by atoms with Crippen LogP contribution < -0.4 is 5.32 Å². The Labute approximate surface area is 135 Å². The van der Waals surface area contributed by atoms with Crippen LogP contribution in [0.4, 0.5) is 24.5 Å². The number of nitrogens with one attached hydrogen (secondary N) is 1. The third-order valence-corrected chi connectivity index (χ3v) is 3.47. The molecule has 0 heterocycles. The van der Waals surface area contributed by atoms with Crippen molar-refractivity contribution in [3.8, 4) is 0 Å². The zero-order valence-corrected chi connectivity index (χ0v) is 12.8. The van der Waals surface area contributed by atoms with E-state index in [-0.39, 0.29) is 22.5 Å². The van der Waals surface area contributed by atoms with Gasteiger partial charge in [0.05, 0.1) is 10.5 Å². The van der Waals surface area contributed by atoms with E-state index in [2.05, 4.69) is 5.32 Å². The van der Waals surface area contributed by atoms with Crippen LogP contribution in [0.2, 0.25) is 0 Å². The van der Waals surface area contributed by atoms with Gasteiger partial charge in [0.25, 0.3) is 11.6 Å². The van der Waals surface area contributed by atoms with E-state index in [1.807, 2.05) is 0 Å². The number of carbonyl (C=O) groups is 1. The molecule has 0 radical (unpaired) electrons. The standard InChI is InChI=1S/C16H13F3N2O3/c1-9-4-6-12(8-13(9)16(17,18)19)20-15(22)11-5-3-10(2)14(7-11)21(23)24/h3-8H,1-2H3,(H,20,22). The molecule has 0 aromatic heterocycles. The van der Waals surface area contributed by atoms with E-state index >= 15 is 0 Å². The maximum absolute atomic E-state index is 12.9. The molecule has 0 spiro atoms. The molecule has 0 aliphatic rings. The molecule has 0 aliphatic carbocycles. The Morgan fingerprint density at radius 2 is 1.71 bits per heavy atom. The quantitative estimate of drug-likeness (QED) is 0.662. The fourth-order valence-corrected chi connectivity index (χ4v) is 2.16. The normalized spacial score (nSPS) is 11.2. The van der Waals surface area contributed by atoms with Crippen LogP contribution in [-0.2, 0) is 6.18 Å². The van der Waals surface area contributed by atoms with Crippen molar-refractivity contribution < 1.29 is 22.9 Å². The Balaban J connectivity index is 2.31. The van der Waals surface area contributed by atoms with Crippen molar-refractivity contribution in [2.75, 3.05) is 5.32 Å². The third kappa shape index (κ3) is 3.70. The predicted octanol–water partition coefficient (Wildman–Crippen LogP) is 4.48. The van der Waals surface area contributed by atoms with E-state index in [0.29, 0.717) is 5.56 Å². The summed E-state index contributed by atoms with van der Waals surface area (Å²) in [5.41, 5.74) is -0.724. The zero-order chi connectivity index (χ0) is 18.1. The summed E-state index contributed by atoms with van der Waals surface area (Å²) in [5, 5.41) is 13.2. The maximum Gasteiger partial charge on any atom is 0.416 e. The van der Waals surface area contributed by atoms with Crippen molar-refractivity contribution in [2.24, 2.45) is 0 Å². The average Bonchev–Trinajstić information content (AvgIpc) is 2.48. The number of hydrogen-bond acceptors (Lipinski definition) is 3. The van der Waals surface area contributed by atoms with Gasteiger partial charge < -0.3 is 5.32 Å². The number of nitrogens with zero attached hydrogens (tertiary/aromatic N) is 1. The molecule has 126 valence electrons. The van der Waals surface area contributed by atoms with Crippen molar-refractivity contribution in [2.45, 2.75) is 20.0 Å². The van der Waals surface area contributed by atoms with E-state index in [4.69, 9.17) is 0 Å². The van der Waals surface area contributed by atoms with Gasteiger partial charge >= 0.3 is 6.18 Å². The minimum absolute atomic E-state index is 0.0126. The molecule has 0 atom stereocenters. The fourth-order valence-electron chi connectivity index (χ4n) is 2.16. The highest BCUT2D eigenvalue weighted by Gasteiger charge is 2.32. The van der Waals surface area contributed by atoms with Crippen LogP contribution in [0.15, 0.2) is 36.4 Å². The van der Waals surface area contributed by atoms with E-state index in [9.17, 15) is 28.1 Å². The molecule has 0 unspecified atom stereocenters. The molecule has 1 N–H and O–H groups in total. The first-order valence-corrected chi connectivity index (χ1v) is 6.84. The highest BCUT2D eigenvalue weighted by molar-refractivity contribution is 6.04. The number of amides is 1. The van der Waals surface area contributed by atoms with Gasteiger partial charge in [-0.05, 0) is 37.6 Å². The highest BCUT2D eigenvalue weighted by atomic mass is 19.4. The van der Waals surface area contributed by atoms with Gasteiger partial charge in [-0.15, -0.1) is 0 Å². The van der Waals surface area contributed by atoms with Crippen LogP contribution in [0.3, 0.4) is 0 Å². The van der Waals surface area contributed by atoms with Crippen molar-refractivity contribution in [3.63, 3.8) is 0 Å². The number of rotatable bonds is 3. The first-order valence-electron chi connectivity index (χ1n) is 6.84. The Bertz CT molecular complexity index is 817. The number of alkyl halides is 3. The minimum Gasteiger partial charge on any atom is -0.322 e. The number of aryl methyl sites for hydroxylation is 2. The molecule has 2 rings (SSSR count). The average molecular weight is 338 g/mol. The lowest BCUT2D eigenvalue weighted by Crippen LogP contribution is -2.14. The number of nitro benzene ring substituents is 1. The lowest BCUT2D eigenvalue weighted by atomic mass is 10.1. The molecule has 2 aromatic carbocycles. The summed E-state index contributed by atoms with van der Waals surface area (Å²) >= 11 is 0. The summed E-state index contributed by atoms with van der Waals surface area (Å²) in [6.45, 7) is 2.84. The van der Waals surface area contributed by atoms with E-state index in [0.717, 1.165) is 12.1 Å². The molecular weight excluding hydrogens is 325 g/mol. The van der Waals surface area contributed by atoms with Gasteiger partial charge in [-0.2, -0.15) is 13.2 Å². The largest absolute Gasteiger partial charge is 0.416 e. The van der Waals surface area contributed by atoms with Crippen molar-refractivity contribution in [1.29, 1.82) is 0 Å². The second-order valence-electron chi connectivity index (χ2n) is 5.24. The summed E-state index contributed by atoms with van der Waals surface area (Å²) in [5.74, 6) is -0.727. The molecule has 8 heteroatoms. The predicted molar refractivity (Wildman–Crippen MR) is 82.0 cm³/mol. The van der Waals surface area contributed by atoms with Gasteiger partial charge in [0.15, 0.2) is 0 Å².